The second-order valence-corrected chi connectivity index (χ2v) is 31.5. The highest BCUT2D eigenvalue weighted by atomic mass is 15.3. The molecule has 0 spiro atoms. The van der Waals surface area contributed by atoms with Crippen molar-refractivity contribution in [1.29, 1.82) is 0 Å². The maximum atomic E-state index is 2.82. The monoisotopic (exact) mass is 1060 g/mol. The van der Waals surface area contributed by atoms with Gasteiger partial charge in [-0.25, -0.2) is 0 Å². The average molecular weight is 1060 g/mol. The average Bonchev–Trinajstić information content (AvgIpc) is 4.22. The highest BCUT2D eigenvalue weighted by molar-refractivity contribution is 5.12. The normalized spacial score (nSPS) is 35.7. The minimum atomic E-state index is 0.567. The number of nitrogens with zero attached hydrogens (tertiary/aromatic N) is 6. The number of rotatable bonds is 12. The third kappa shape index (κ3) is 15.7. The van der Waals surface area contributed by atoms with Crippen LogP contribution >= 0.6 is 0 Å². The maximum absolute atomic E-state index is 2.82. The molecular weight excluding hydrogens is 925 g/mol. The van der Waals surface area contributed by atoms with Crippen molar-refractivity contribution >= 4 is 0 Å². The van der Waals surface area contributed by atoms with Gasteiger partial charge in [0.2, 0.25) is 0 Å². The summed E-state index contributed by atoms with van der Waals surface area (Å²) < 4.78 is 0. The van der Waals surface area contributed by atoms with Gasteiger partial charge in [0.05, 0.1) is 0 Å². The summed E-state index contributed by atoms with van der Waals surface area (Å²) in [6.07, 6.45) is 26.3. The lowest BCUT2D eigenvalue weighted by Crippen LogP contribution is -2.59. The molecule has 76 heavy (non-hydrogen) atoms. The van der Waals surface area contributed by atoms with Crippen LogP contribution in [0.2, 0.25) is 0 Å². The maximum Gasteiger partial charge on any atom is 0.0241 e. The standard InChI is InChI=1S/2C13H25N.C12H23N.C11H21N.C11H23N.C10H21N/c1-9(2)13-11-5-7-12(8-6-11)14(13)10(3)4;1-10(2)13-7-5-6-12(8-13)9-14(13)11(3)4;1-8(2)12-10-5-6-11(7-10)13(12)9(3)4;1-8(2)11-5-10(6-11)7-12(11)9(3)4;1-9(2)11-7-5-6-8-12(11)10(3)4;1-8(2)10-6-5-7-11(10)9(3)4/h9-13H,5-8H2,1-4H3;10-12H,5-9H2,1-4H3;8-12H,5-7H2,1-4H3;8-10H,5-7H2,1-4H3;9-11H,5-8H2,1-4H3;8-10H,5-7H2,1-4H3/t11?,12?,13-;12-,13+;10?,11?,12-;;11-;10-/m101.00/s1. The fourth-order valence-corrected chi connectivity index (χ4v) is 19.3. The van der Waals surface area contributed by atoms with Gasteiger partial charge in [-0.15, -0.1) is 0 Å². The molecule has 8 heterocycles. The first-order valence-electron chi connectivity index (χ1n) is 34.2. The fraction of sp³-hybridized carbons (Fsp3) is 1.00. The Labute approximate surface area is 477 Å². The SMILES string of the molecule is CC(C)N1CC2CC1(C(C)C)C2.CC(C)N1C[C@H]2CCC[C@]1(C(C)C)C2.CC(C)[C@@H]1C2CCC(C2)N1C(C)C.CC(C)[C@@H]1C2CCC(CC2)N1C(C)C.CC(C)[C@@H]1CCCCN1C(C)C.CC(C)[C@@H]1CCCN1C(C)C. The second kappa shape index (κ2) is 29.3. The molecule has 12 rings (SSSR count). The van der Waals surface area contributed by atoms with Gasteiger partial charge in [0, 0.05) is 96.7 Å². The third-order valence-electron chi connectivity index (χ3n) is 22.6. The van der Waals surface area contributed by atoms with Crippen LogP contribution in [0, 0.1) is 59.2 Å². The molecular formula is C70H138N6. The van der Waals surface area contributed by atoms with E-state index in [1.807, 2.05) is 0 Å². The highest BCUT2D eigenvalue weighted by Gasteiger charge is 2.58. The summed E-state index contributed by atoms with van der Waals surface area (Å²) in [6.45, 7) is 62.1. The zero-order chi connectivity index (χ0) is 56.7. The van der Waals surface area contributed by atoms with Gasteiger partial charge in [0.15, 0.2) is 0 Å². The third-order valence-corrected chi connectivity index (χ3v) is 22.6. The molecule has 0 N–H and O–H groups in total. The van der Waals surface area contributed by atoms with Crippen LogP contribution in [0.4, 0.5) is 0 Å². The number of piperidine rings is 4. The summed E-state index contributed by atoms with van der Waals surface area (Å²) in [7, 11) is 0. The van der Waals surface area contributed by atoms with Gasteiger partial charge in [-0.2, -0.15) is 0 Å². The number of hydrogen-bond donors (Lipinski definition) is 0. The van der Waals surface area contributed by atoms with Crippen molar-refractivity contribution in [1.82, 2.24) is 29.4 Å². The van der Waals surface area contributed by atoms with Crippen LogP contribution in [0.5, 0.6) is 0 Å². The molecule has 2 unspecified atom stereocenters. The van der Waals surface area contributed by atoms with Gasteiger partial charge in [-0.1, -0.05) is 95.9 Å². The van der Waals surface area contributed by atoms with Crippen molar-refractivity contribution in [2.24, 2.45) is 59.2 Å². The number of fused-ring (bicyclic) bond motifs is 8. The van der Waals surface area contributed by atoms with E-state index >= 15 is 0 Å². The summed E-state index contributed by atoms with van der Waals surface area (Å²) in [4.78, 5) is 16.5. The molecule has 8 aliphatic heterocycles. The lowest BCUT2D eigenvalue weighted by Gasteiger charge is -2.55. The lowest BCUT2D eigenvalue weighted by molar-refractivity contribution is -0.0536. The molecule has 4 aliphatic carbocycles. The molecule has 4 saturated carbocycles. The first-order valence-corrected chi connectivity index (χ1v) is 34.2. The van der Waals surface area contributed by atoms with E-state index in [1.165, 1.54) is 142 Å². The molecule has 8 bridgehead atoms. The van der Waals surface area contributed by atoms with Crippen LogP contribution in [0.3, 0.4) is 0 Å². The molecule has 0 aromatic heterocycles. The molecule has 8 saturated heterocycles. The van der Waals surface area contributed by atoms with Crippen LogP contribution in [0.15, 0.2) is 0 Å². The van der Waals surface area contributed by atoms with Crippen LogP contribution in [-0.4, -0.2) is 139 Å². The summed E-state index contributed by atoms with van der Waals surface area (Å²) in [5.41, 5.74) is 1.18. The zero-order valence-corrected chi connectivity index (χ0v) is 55.9. The Bertz CT molecular complexity index is 1530. The summed E-state index contributed by atoms with van der Waals surface area (Å²) >= 11 is 0. The second-order valence-electron chi connectivity index (χ2n) is 31.5. The first kappa shape index (κ1) is 66.6. The van der Waals surface area contributed by atoms with E-state index in [1.54, 1.807) is 0 Å². The Balaban J connectivity index is 0.000000169. The molecule has 8 atom stereocenters. The Morgan fingerprint density at radius 2 is 0.763 bits per heavy atom. The molecule has 0 aromatic rings. The smallest absolute Gasteiger partial charge is 0.0241 e. The van der Waals surface area contributed by atoms with Gasteiger partial charge >= 0.3 is 0 Å². The predicted octanol–water partition coefficient (Wildman–Crippen LogP) is 17.4. The quantitative estimate of drug-likeness (QED) is 0.193. The Morgan fingerprint density at radius 3 is 1.17 bits per heavy atom. The van der Waals surface area contributed by atoms with Crippen molar-refractivity contribution in [3.05, 3.63) is 0 Å². The summed E-state index contributed by atoms with van der Waals surface area (Å²) in [5, 5.41) is 0. The van der Waals surface area contributed by atoms with Crippen molar-refractivity contribution in [3.63, 3.8) is 0 Å². The zero-order valence-electron chi connectivity index (χ0n) is 55.9. The molecule has 0 radical (unpaired) electrons. The Kier molecular flexibility index (Phi) is 25.7. The minimum Gasteiger partial charge on any atom is -0.298 e. The van der Waals surface area contributed by atoms with Gasteiger partial charge < -0.3 is 0 Å². The van der Waals surface area contributed by atoms with Crippen LogP contribution in [-0.2, 0) is 0 Å². The minimum absolute atomic E-state index is 0.567. The molecule has 6 heteroatoms. The molecule has 6 nitrogen and oxygen atoms in total. The van der Waals surface area contributed by atoms with Gasteiger partial charge in [0.1, 0.15) is 0 Å². The fourth-order valence-electron chi connectivity index (χ4n) is 19.3. The van der Waals surface area contributed by atoms with Gasteiger partial charge in [-0.05, 0) is 258 Å². The van der Waals surface area contributed by atoms with Crippen LogP contribution < -0.4 is 0 Å². The largest absolute Gasteiger partial charge is 0.298 e. The van der Waals surface area contributed by atoms with E-state index in [4.69, 9.17) is 0 Å². The van der Waals surface area contributed by atoms with Gasteiger partial charge in [0.25, 0.3) is 0 Å². The van der Waals surface area contributed by atoms with Crippen molar-refractivity contribution in [2.45, 2.75) is 365 Å². The Hall–Kier alpha value is -0.240. The number of hydrogen-bond acceptors (Lipinski definition) is 6. The highest BCUT2D eigenvalue weighted by Crippen LogP contribution is 2.55. The van der Waals surface area contributed by atoms with E-state index in [0.29, 0.717) is 11.1 Å². The van der Waals surface area contributed by atoms with Crippen LogP contribution in [0.1, 0.15) is 282 Å². The van der Waals surface area contributed by atoms with E-state index in [0.717, 1.165) is 132 Å². The molecule has 448 valence electrons. The predicted molar refractivity (Wildman–Crippen MR) is 336 cm³/mol. The van der Waals surface area contributed by atoms with E-state index in [9.17, 15) is 0 Å². The van der Waals surface area contributed by atoms with Crippen LogP contribution in [0.25, 0.3) is 0 Å². The van der Waals surface area contributed by atoms with Crippen molar-refractivity contribution < 1.29 is 0 Å². The van der Waals surface area contributed by atoms with Gasteiger partial charge in [-0.3, -0.25) is 29.4 Å². The van der Waals surface area contributed by atoms with Crippen molar-refractivity contribution in [3.8, 4) is 0 Å². The topological polar surface area (TPSA) is 19.4 Å². The first-order chi connectivity index (χ1) is 35.6. The molecule has 12 aliphatic rings. The molecule has 0 aromatic carbocycles. The van der Waals surface area contributed by atoms with E-state index in [2.05, 4.69) is 196 Å². The number of likely N-dealkylation sites (tertiary alicyclic amines) is 4. The summed E-state index contributed by atoms with van der Waals surface area (Å²) in [6, 6.07) is 9.76. The van der Waals surface area contributed by atoms with E-state index < -0.39 is 0 Å². The lowest BCUT2D eigenvalue weighted by atomic mass is 9.67. The Morgan fingerprint density at radius 1 is 0.342 bits per heavy atom. The van der Waals surface area contributed by atoms with E-state index in [-0.39, 0.29) is 0 Å². The molecule has 0 amide bonds. The summed E-state index contributed by atoms with van der Waals surface area (Å²) in [5.74, 6) is 9.09. The molecule has 12 fully saturated rings. The van der Waals surface area contributed by atoms with Crippen molar-refractivity contribution in [2.75, 3.05) is 26.2 Å².